The van der Waals surface area contributed by atoms with Gasteiger partial charge in [-0.15, -0.1) is 0 Å². The van der Waals surface area contributed by atoms with Crippen molar-refractivity contribution in [2.45, 2.75) is 97.3 Å². The smallest absolute Gasteiger partial charge is 0.0664 e. The summed E-state index contributed by atoms with van der Waals surface area (Å²) in [5.41, 5.74) is 0.381. The van der Waals surface area contributed by atoms with Gasteiger partial charge >= 0.3 is 0 Å². The van der Waals surface area contributed by atoms with E-state index in [-0.39, 0.29) is 0 Å². The number of nitrogens with one attached hydrogen (secondary N) is 1. The number of hydrogen-bond donors (Lipinski definition) is 1. The zero-order chi connectivity index (χ0) is 14.3. The highest BCUT2D eigenvalue weighted by atomic mass is 16.5. The summed E-state index contributed by atoms with van der Waals surface area (Å²) in [7, 11) is 2.09. The maximum absolute atomic E-state index is 6.36. The normalized spacial score (nSPS) is 27.0. The Morgan fingerprint density at radius 1 is 1.16 bits per heavy atom. The lowest BCUT2D eigenvalue weighted by Gasteiger charge is -2.56. The van der Waals surface area contributed by atoms with Gasteiger partial charge in [-0.05, 0) is 39.7 Å². The van der Waals surface area contributed by atoms with Crippen LogP contribution in [-0.4, -0.2) is 25.3 Å². The Labute approximate surface area is 120 Å². The maximum Gasteiger partial charge on any atom is 0.0664 e. The lowest BCUT2D eigenvalue weighted by Crippen LogP contribution is -2.63. The van der Waals surface area contributed by atoms with Crippen LogP contribution in [0, 0.1) is 5.41 Å². The summed E-state index contributed by atoms with van der Waals surface area (Å²) in [4.78, 5) is 0. The van der Waals surface area contributed by atoms with Gasteiger partial charge in [-0.25, -0.2) is 0 Å². The van der Waals surface area contributed by atoms with Crippen molar-refractivity contribution in [3.63, 3.8) is 0 Å². The zero-order valence-corrected chi connectivity index (χ0v) is 13.8. The molecule has 3 atom stereocenters. The van der Waals surface area contributed by atoms with Crippen LogP contribution in [-0.2, 0) is 4.74 Å². The first-order valence-electron chi connectivity index (χ1n) is 8.47. The van der Waals surface area contributed by atoms with Crippen LogP contribution in [0.1, 0.15) is 79.1 Å². The van der Waals surface area contributed by atoms with E-state index in [9.17, 15) is 0 Å². The van der Waals surface area contributed by atoms with E-state index < -0.39 is 0 Å². The molecule has 19 heavy (non-hydrogen) atoms. The van der Waals surface area contributed by atoms with Gasteiger partial charge in [0.05, 0.1) is 12.2 Å². The molecule has 3 unspecified atom stereocenters. The Morgan fingerprint density at radius 3 is 2.37 bits per heavy atom. The first kappa shape index (κ1) is 17.0. The first-order chi connectivity index (χ1) is 9.14. The molecular formula is C17H35NO. The van der Waals surface area contributed by atoms with Crippen LogP contribution in [0.4, 0.5) is 0 Å². The third-order valence-corrected chi connectivity index (χ3v) is 5.31. The molecule has 0 spiro atoms. The number of hydrogen-bond acceptors (Lipinski definition) is 2. The van der Waals surface area contributed by atoms with Gasteiger partial charge in [0, 0.05) is 11.5 Å². The second-order valence-corrected chi connectivity index (χ2v) is 6.30. The molecule has 0 aromatic heterocycles. The van der Waals surface area contributed by atoms with Gasteiger partial charge in [-0.3, -0.25) is 0 Å². The third-order valence-electron chi connectivity index (χ3n) is 5.31. The van der Waals surface area contributed by atoms with Gasteiger partial charge in [-0.1, -0.05) is 46.5 Å². The Hall–Kier alpha value is -0.0800. The summed E-state index contributed by atoms with van der Waals surface area (Å²) in [6.45, 7) is 9.16. The van der Waals surface area contributed by atoms with E-state index in [2.05, 4.69) is 40.1 Å². The van der Waals surface area contributed by atoms with E-state index in [1.54, 1.807) is 0 Å². The summed E-state index contributed by atoms with van der Waals surface area (Å²) in [6.07, 6.45) is 11.1. The van der Waals surface area contributed by atoms with Crippen LogP contribution in [0.15, 0.2) is 0 Å². The average Bonchev–Trinajstić information content (AvgIpc) is 2.41. The van der Waals surface area contributed by atoms with E-state index in [0.717, 1.165) is 0 Å². The molecule has 0 amide bonds. The molecule has 0 aliphatic heterocycles. The van der Waals surface area contributed by atoms with Crippen molar-refractivity contribution < 1.29 is 4.74 Å². The van der Waals surface area contributed by atoms with Gasteiger partial charge in [0.2, 0.25) is 0 Å². The maximum atomic E-state index is 6.36. The summed E-state index contributed by atoms with van der Waals surface area (Å²) in [5.74, 6) is 0. The van der Waals surface area contributed by atoms with Gasteiger partial charge in [0.1, 0.15) is 0 Å². The molecule has 0 aromatic rings. The molecule has 0 bridgehead atoms. The highest BCUT2D eigenvalue weighted by molar-refractivity contribution is 5.06. The second-order valence-electron chi connectivity index (χ2n) is 6.30. The van der Waals surface area contributed by atoms with Crippen LogP contribution in [0.5, 0.6) is 0 Å². The third kappa shape index (κ3) is 3.95. The quantitative estimate of drug-likeness (QED) is 0.588. The van der Waals surface area contributed by atoms with Crippen molar-refractivity contribution in [2.75, 3.05) is 7.05 Å². The van der Waals surface area contributed by atoms with Gasteiger partial charge < -0.3 is 10.1 Å². The SMILES string of the molecule is CCCCCCC(C)OC1CC(NC)C1(CC)CC. The molecular weight excluding hydrogens is 234 g/mol. The van der Waals surface area contributed by atoms with Crippen LogP contribution in [0.25, 0.3) is 0 Å². The highest BCUT2D eigenvalue weighted by Crippen LogP contribution is 2.49. The van der Waals surface area contributed by atoms with Crippen molar-refractivity contribution in [3.8, 4) is 0 Å². The molecule has 0 aromatic carbocycles. The molecule has 1 aliphatic rings. The van der Waals surface area contributed by atoms with Crippen molar-refractivity contribution >= 4 is 0 Å². The van der Waals surface area contributed by atoms with E-state index in [4.69, 9.17) is 4.74 Å². The Bertz CT molecular complexity index is 237. The van der Waals surface area contributed by atoms with E-state index in [1.165, 1.54) is 51.4 Å². The largest absolute Gasteiger partial charge is 0.375 e. The topological polar surface area (TPSA) is 21.3 Å². The summed E-state index contributed by atoms with van der Waals surface area (Å²) in [5, 5.41) is 3.48. The Balaban J connectivity index is 2.35. The molecule has 1 aliphatic carbocycles. The van der Waals surface area contributed by atoms with Crippen molar-refractivity contribution in [1.82, 2.24) is 5.32 Å². The fourth-order valence-corrected chi connectivity index (χ4v) is 3.75. The van der Waals surface area contributed by atoms with Crippen molar-refractivity contribution in [1.29, 1.82) is 0 Å². The van der Waals surface area contributed by atoms with Gasteiger partial charge in [-0.2, -0.15) is 0 Å². The minimum Gasteiger partial charge on any atom is -0.375 e. The molecule has 2 nitrogen and oxygen atoms in total. The lowest BCUT2D eigenvalue weighted by atomic mass is 9.58. The molecule has 114 valence electrons. The molecule has 1 fully saturated rings. The Morgan fingerprint density at radius 2 is 1.84 bits per heavy atom. The average molecular weight is 269 g/mol. The summed E-state index contributed by atoms with van der Waals surface area (Å²) >= 11 is 0. The molecule has 0 heterocycles. The number of unbranched alkanes of at least 4 members (excludes halogenated alkanes) is 3. The Kier molecular flexibility index (Phi) is 7.38. The van der Waals surface area contributed by atoms with Crippen molar-refractivity contribution in [2.24, 2.45) is 5.41 Å². The predicted molar refractivity (Wildman–Crippen MR) is 83.6 cm³/mol. The number of ether oxygens (including phenoxy) is 1. The standard InChI is InChI=1S/C17H35NO/c1-6-9-10-11-12-14(4)19-16-13-15(18-5)17(16,7-2)8-3/h14-16,18H,6-13H2,1-5H3. The molecule has 0 radical (unpaired) electrons. The fraction of sp³-hybridized carbons (Fsp3) is 1.00. The zero-order valence-electron chi connectivity index (χ0n) is 13.8. The summed E-state index contributed by atoms with van der Waals surface area (Å²) in [6, 6.07) is 0.653. The van der Waals surface area contributed by atoms with Crippen LogP contribution in [0.3, 0.4) is 0 Å². The van der Waals surface area contributed by atoms with Gasteiger partial charge in [0.25, 0.3) is 0 Å². The lowest BCUT2D eigenvalue weighted by molar-refractivity contribution is -0.163. The van der Waals surface area contributed by atoms with Crippen molar-refractivity contribution in [3.05, 3.63) is 0 Å². The summed E-state index contributed by atoms with van der Waals surface area (Å²) < 4.78 is 6.36. The van der Waals surface area contributed by atoms with Crippen LogP contribution >= 0.6 is 0 Å². The minimum atomic E-state index is 0.381. The predicted octanol–water partition coefficient (Wildman–Crippen LogP) is 4.53. The highest BCUT2D eigenvalue weighted by Gasteiger charge is 2.52. The second kappa shape index (κ2) is 8.26. The minimum absolute atomic E-state index is 0.381. The van der Waals surface area contributed by atoms with Crippen LogP contribution < -0.4 is 5.32 Å². The molecule has 1 N–H and O–H groups in total. The van der Waals surface area contributed by atoms with E-state index in [1.807, 2.05) is 0 Å². The van der Waals surface area contributed by atoms with E-state index >= 15 is 0 Å². The van der Waals surface area contributed by atoms with Gasteiger partial charge in [0.15, 0.2) is 0 Å². The molecule has 0 saturated heterocycles. The van der Waals surface area contributed by atoms with Crippen LogP contribution in [0.2, 0.25) is 0 Å². The van der Waals surface area contributed by atoms with E-state index in [0.29, 0.717) is 23.7 Å². The molecule has 2 heteroatoms. The monoisotopic (exact) mass is 269 g/mol. The number of rotatable bonds is 10. The molecule has 1 saturated carbocycles. The molecule has 1 rings (SSSR count). The first-order valence-corrected chi connectivity index (χ1v) is 8.47. The fourth-order valence-electron chi connectivity index (χ4n) is 3.75.